The van der Waals surface area contributed by atoms with Crippen LogP contribution in [0.15, 0.2) is 66.7 Å². The Morgan fingerprint density at radius 2 is 1.76 bits per heavy atom. The molecule has 0 aliphatic carbocycles. The molecule has 0 saturated heterocycles. The van der Waals surface area contributed by atoms with E-state index in [1.807, 2.05) is 30.3 Å². The Balaban J connectivity index is 1.54. The largest absolute Gasteiger partial charge is 0.375 e. The van der Waals surface area contributed by atoms with Gasteiger partial charge >= 0.3 is 0 Å². The number of rotatable bonds is 7. The smallest absolute Gasteiger partial charge is 0.264 e. The summed E-state index contributed by atoms with van der Waals surface area (Å²) in [6.45, 7) is 0.478. The van der Waals surface area contributed by atoms with E-state index < -0.39 is 11.5 Å². The van der Waals surface area contributed by atoms with E-state index in [1.165, 1.54) is 5.56 Å². The molecule has 148 valence electrons. The fraction of sp³-hybridized carbons (Fsp3) is 0.217. The molecule has 2 aromatic carbocycles. The average Bonchev–Trinajstić information content (AvgIpc) is 3.25. The van der Waals surface area contributed by atoms with Gasteiger partial charge < -0.3 is 10.0 Å². The number of ketones is 1. The Morgan fingerprint density at radius 3 is 2.48 bits per heavy atom. The first-order valence-electron chi connectivity index (χ1n) is 9.45. The number of hydrogen-bond donors (Lipinski definition) is 1. The van der Waals surface area contributed by atoms with Crippen molar-refractivity contribution >= 4 is 40.3 Å². The van der Waals surface area contributed by atoms with Crippen molar-refractivity contribution < 1.29 is 14.7 Å². The number of anilines is 1. The Labute approximate surface area is 178 Å². The van der Waals surface area contributed by atoms with Crippen molar-refractivity contribution in [3.05, 3.63) is 87.1 Å². The van der Waals surface area contributed by atoms with Crippen LogP contribution in [0.2, 0.25) is 4.34 Å². The Morgan fingerprint density at radius 1 is 1.03 bits per heavy atom. The van der Waals surface area contributed by atoms with Crippen molar-refractivity contribution in [3.8, 4) is 0 Å². The minimum absolute atomic E-state index is 0.293. The highest BCUT2D eigenvalue weighted by atomic mass is 35.5. The van der Waals surface area contributed by atoms with Crippen LogP contribution in [-0.4, -0.2) is 23.3 Å². The lowest BCUT2D eigenvalue weighted by Gasteiger charge is -2.22. The van der Waals surface area contributed by atoms with Crippen LogP contribution in [0.3, 0.4) is 0 Å². The van der Waals surface area contributed by atoms with E-state index in [0.29, 0.717) is 27.0 Å². The zero-order valence-corrected chi connectivity index (χ0v) is 17.2. The predicted octanol–water partition coefficient (Wildman–Crippen LogP) is 4.84. The third-order valence-corrected chi connectivity index (χ3v) is 6.47. The summed E-state index contributed by atoms with van der Waals surface area (Å²) >= 11 is 7.08. The molecule has 4 nitrogen and oxygen atoms in total. The monoisotopic (exact) mass is 425 g/mol. The number of para-hydroxylation sites is 1. The summed E-state index contributed by atoms with van der Waals surface area (Å²) in [5, 5.41) is 11.3. The molecule has 1 amide bonds. The second-order valence-corrected chi connectivity index (χ2v) is 8.84. The van der Waals surface area contributed by atoms with Gasteiger partial charge in [-0.2, -0.15) is 0 Å². The van der Waals surface area contributed by atoms with Gasteiger partial charge in [0.2, 0.25) is 0 Å². The van der Waals surface area contributed by atoms with Gasteiger partial charge in [-0.3, -0.25) is 9.59 Å². The summed E-state index contributed by atoms with van der Waals surface area (Å²) in [7, 11) is 0. The zero-order chi connectivity index (χ0) is 20.4. The van der Waals surface area contributed by atoms with E-state index in [-0.39, 0.29) is 12.2 Å². The lowest BCUT2D eigenvalue weighted by atomic mass is 9.89. The fourth-order valence-electron chi connectivity index (χ4n) is 3.77. The number of halogens is 1. The van der Waals surface area contributed by atoms with Crippen molar-refractivity contribution in [2.75, 3.05) is 11.4 Å². The molecule has 1 aromatic heterocycles. The van der Waals surface area contributed by atoms with Gasteiger partial charge in [0.25, 0.3) is 5.91 Å². The number of benzene rings is 2. The summed E-state index contributed by atoms with van der Waals surface area (Å²) in [4.78, 5) is 27.9. The minimum atomic E-state index is -1.85. The molecule has 1 atom stereocenters. The Hall–Kier alpha value is -2.47. The molecular weight excluding hydrogens is 406 g/mol. The highest BCUT2D eigenvalue weighted by Gasteiger charge is 2.50. The highest BCUT2D eigenvalue weighted by Crippen LogP contribution is 2.43. The predicted molar refractivity (Wildman–Crippen MR) is 116 cm³/mol. The third kappa shape index (κ3) is 3.86. The first kappa shape index (κ1) is 19.8. The molecule has 4 rings (SSSR count). The van der Waals surface area contributed by atoms with Gasteiger partial charge in [-0.1, -0.05) is 60.1 Å². The Kier molecular flexibility index (Phi) is 5.54. The fourth-order valence-corrected chi connectivity index (χ4v) is 4.75. The quantitative estimate of drug-likeness (QED) is 0.551. The molecule has 1 N–H and O–H groups in total. The van der Waals surface area contributed by atoms with Gasteiger partial charge in [0.15, 0.2) is 11.4 Å². The maximum Gasteiger partial charge on any atom is 0.264 e. The van der Waals surface area contributed by atoms with Crippen molar-refractivity contribution in [2.45, 2.75) is 24.9 Å². The number of aryl methyl sites for hydroxylation is 1. The summed E-state index contributed by atoms with van der Waals surface area (Å²) in [5.41, 5.74) is 0.509. The standard InChI is InChI=1S/C23H20ClNO3S/c24-21-13-12-20(29-21)19(26)15-23(28)17-10-4-5-11-18(17)25(22(23)27)14-6-9-16-7-2-1-3-8-16/h1-5,7-8,10-13,28H,6,9,14-15H2/t23-/m0/s1. The summed E-state index contributed by atoms with van der Waals surface area (Å²) in [5.74, 6) is -0.735. The van der Waals surface area contributed by atoms with Crippen LogP contribution in [0.4, 0.5) is 5.69 Å². The summed E-state index contributed by atoms with van der Waals surface area (Å²) < 4.78 is 0.501. The lowest BCUT2D eigenvalue weighted by molar-refractivity contribution is -0.135. The molecule has 2 heterocycles. The molecule has 0 saturated carbocycles. The maximum atomic E-state index is 13.2. The minimum Gasteiger partial charge on any atom is -0.375 e. The molecule has 0 radical (unpaired) electrons. The van der Waals surface area contributed by atoms with E-state index in [1.54, 1.807) is 29.2 Å². The van der Waals surface area contributed by atoms with Gasteiger partial charge in [-0.25, -0.2) is 0 Å². The molecule has 1 aliphatic heterocycles. The van der Waals surface area contributed by atoms with E-state index in [2.05, 4.69) is 12.1 Å². The summed E-state index contributed by atoms with van der Waals surface area (Å²) in [6, 6.07) is 20.5. The van der Waals surface area contributed by atoms with Crippen molar-refractivity contribution in [2.24, 2.45) is 0 Å². The second kappa shape index (κ2) is 8.11. The number of fused-ring (bicyclic) bond motifs is 1. The normalized spacial score (nSPS) is 18.1. The van der Waals surface area contributed by atoms with Crippen LogP contribution in [0.1, 0.15) is 33.6 Å². The van der Waals surface area contributed by atoms with Crippen LogP contribution in [0, 0.1) is 0 Å². The number of amides is 1. The molecule has 3 aromatic rings. The number of aliphatic hydroxyl groups is 1. The van der Waals surface area contributed by atoms with Gasteiger partial charge in [-0.15, -0.1) is 11.3 Å². The molecule has 0 unspecified atom stereocenters. The third-order valence-electron chi connectivity index (χ3n) is 5.19. The number of hydrogen-bond acceptors (Lipinski definition) is 4. The van der Waals surface area contributed by atoms with Gasteiger partial charge in [0, 0.05) is 12.1 Å². The molecule has 1 aliphatic rings. The lowest BCUT2D eigenvalue weighted by Crippen LogP contribution is -2.42. The molecular formula is C23H20ClNO3S. The van der Waals surface area contributed by atoms with Crippen molar-refractivity contribution in [3.63, 3.8) is 0 Å². The maximum absolute atomic E-state index is 13.2. The second-order valence-electron chi connectivity index (χ2n) is 7.13. The number of Topliss-reactive ketones (excluding diaryl/α,β-unsaturated/α-hetero) is 1. The molecule has 0 spiro atoms. The SMILES string of the molecule is O=C(C[C@@]1(O)C(=O)N(CCCc2ccccc2)c2ccccc21)c1ccc(Cl)s1. The van der Waals surface area contributed by atoms with Crippen LogP contribution in [0.25, 0.3) is 0 Å². The van der Waals surface area contributed by atoms with E-state index in [4.69, 9.17) is 11.6 Å². The topological polar surface area (TPSA) is 57.6 Å². The van der Waals surface area contributed by atoms with Crippen LogP contribution >= 0.6 is 22.9 Å². The number of carbonyl (C=O) groups excluding carboxylic acids is 2. The van der Waals surface area contributed by atoms with Gasteiger partial charge in [0.1, 0.15) is 0 Å². The van der Waals surface area contributed by atoms with Crippen LogP contribution in [0.5, 0.6) is 0 Å². The van der Waals surface area contributed by atoms with Crippen LogP contribution in [-0.2, 0) is 16.8 Å². The first-order chi connectivity index (χ1) is 14.0. The number of thiophene rings is 1. The van der Waals surface area contributed by atoms with Crippen molar-refractivity contribution in [1.29, 1.82) is 0 Å². The van der Waals surface area contributed by atoms with E-state index in [0.717, 1.165) is 24.2 Å². The molecule has 0 fully saturated rings. The molecule has 6 heteroatoms. The molecule has 29 heavy (non-hydrogen) atoms. The molecule has 0 bridgehead atoms. The van der Waals surface area contributed by atoms with Gasteiger partial charge in [-0.05, 0) is 36.6 Å². The van der Waals surface area contributed by atoms with Gasteiger partial charge in [0.05, 0.1) is 21.3 Å². The number of nitrogens with zero attached hydrogens (tertiary/aromatic N) is 1. The first-order valence-corrected chi connectivity index (χ1v) is 10.6. The van der Waals surface area contributed by atoms with Crippen LogP contribution < -0.4 is 4.90 Å². The average molecular weight is 426 g/mol. The Bertz CT molecular complexity index is 1050. The zero-order valence-electron chi connectivity index (χ0n) is 15.7. The number of carbonyl (C=O) groups is 2. The summed E-state index contributed by atoms with van der Waals surface area (Å²) in [6.07, 6.45) is 1.29. The van der Waals surface area contributed by atoms with E-state index >= 15 is 0 Å². The van der Waals surface area contributed by atoms with E-state index in [9.17, 15) is 14.7 Å². The highest BCUT2D eigenvalue weighted by molar-refractivity contribution is 7.18. The van der Waals surface area contributed by atoms with Crippen molar-refractivity contribution in [1.82, 2.24) is 0 Å².